The molecule has 5 nitrogen and oxygen atoms in total. The highest BCUT2D eigenvalue weighted by Crippen LogP contribution is 2.22. The number of hydrogen-bond donors (Lipinski definition) is 1. The van der Waals surface area contributed by atoms with Gasteiger partial charge in [-0.1, -0.05) is 11.6 Å². The number of alkyl halides is 3. The molecule has 0 aliphatic heterocycles. The van der Waals surface area contributed by atoms with E-state index in [1.807, 2.05) is 0 Å². The first kappa shape index (κ1) is 16.7. The number of ether oxygens (including phenoxy) is 1. The molecule has 1 N–H and O–H groups in total. The van der Waals surface area contributed by atoms with Gasteiger partial charge in [0.1, 0.15) is 6.61 Å². The number of nitro groups is 1. The maximum atomic E-state index is 11.8. The zero-order valence-corrected chi connectivity index (χ0v) is 11.0. The van der Waals surface area contributed by atoms with Gasteiger partial charge in [0.2, 0.25) is 0 Å². The number of rotatable bonds is 7. The minimum atomic E-state index is -4.35. The minimum Gasteiger partial charge on any atom is -0.371 e. The SMILES string of the molecule is O=[N+]([O-])c1cc(Cl)ccc1CNCCOCC(F)(F)F. The largest absolute Gasteiger partial charge is 0.411 e. The van der Waals surface area contributed by atoms with Crippen molar-refractivity contribution in [1.82, 2.24) is 5.32 Å². The number of nitrogens with one attached hydrogen (secondary N) is 1. The zero-order valence-electron chi connectivity index (χ0n) is 10.2. The Kier molecular flexibility index (Phi) is 6.18. The minimum absolute atomic E-state index is 0.138. The van der Waals surface area contributed by atoms with Crippen LogP contribution in [0.2, 0.25) is 5.02 Å². The Labute approximate surface area is 117 Å². The number of benzene rings is 1. The third-order valence-corrected chi connectivity index (χ3v) is 2.48. The van der Waals surface area contributed by atoms with Gasteiger partial charge in [0.15, 0.2) is 0 Å². The molecule has 0 spiro atoms. The summed E-state index contributed by atoms with van der Waals surface area (Å²) >= 11 is 5.65. The Morgan fingerprint density at radius 3 is 2.70 bits per heavy atom. The summed E-state index contributed by atoms with van der Waals surface area (Å²) in [6.07, 6.45) is -4.35. The second-order valence-corrected chi connectivity index (χ2v) is 4.31. The molecule has 112 valence electrons. The molecule has 0 fully saturated rings. The quantitative estimate of drug-likeness (QED) is 0.477. The molecule has 0 bridgehead atoms. The molecule has 1 aromatic rings. The van der Waals surface area contributed by atoms with Crippen molar-refractivity contribution in [2.45, 2.75) is 12.7 Å². The van der Waals surface area contributed by atoms with Crippen LogP contribution in [0.15, 0.2) is 18.2 Å². The average molecular weight is 313 g/mol. The number of nitrogens with zero attached hydrogens (tertiary/aromatic N) is 1. The first-order chi connectivity index (χ1) is 9.29. The topological polar surface area (TPSA) is 64.4 Å². The smallest absolute Gasteiger partial charge is 0.371 e. The van der Waals surface area contributed by atoms with Gasteiger partial charge in [0, 0.05) is 29.7 Å². The van der Waals surface area contributed by atoms with E-state index in [0.717, 1.165) is 0 Å². The average Bonchev–Trinajstić information content (AvgIpc) is 2.33. The van der Waals surface area contributed by atoms with Crippen molar-refractivity contribution >= 4 is 17.3 Å². The Hall–Kier alpha value is -1.38. The molecule has 1 aromatic carbocycles. The second kappa shape index (κ2) is 7.41. The number of hydrogen-bond acceptors (Lipinski definition) is 4. The number of nitro benzene ring substituents is 1. The van der Waals surface area contributed by atoms with Crippen LogP contribution in [0.25, 0.3) is 0 Å². The Morgan fingerprint density at radius 1 is 1.40 bits per heavy atom. The molecule has 0 radical (unpaired) electrons. The summed E-state index contributed by atoms with van der Waals surface area (Å²) in [5, 5.41) is 13.8. The normalized spacial score (nSPS) is 11.6. The van der Waals surface area contributed by atoms with E-state index in [2.05, 4.69) is 10.1 Å². The molecule has 0 aromatic heterocycles. The summed E-state index contributed by atoms with van der Waals surface area (Å²) < 4.78 is 39.7. The fourth-order valence-electron chi connectivity index (χ4n) is 1.41. The molecule has 0 aliphatic rings. The van der Waals surface area contributed by atoms with Gasteiger partial charge in [-0.15, -0.1) is 0 Å². The maximum absolute atomic E-state index is 11.8. The second-order valence-electron chi connectivity index (χ2n) is 3.87. The Morgan fingerprint density at radius 2 is 2.10 bits per heavy atom. The van der Waals surface area contributed by atoms with Crippen LogP contribution < -0.4 is 5.32 Å². The van der Waals surface area contributed by atoms with Gasteiger partial charge in [0.05, 0.1) is 11.5 Å². The molecule has 0 aliphatic carbocycles. The van der Waals surface area contributed by atoms with Gasteiger partial charge >= 0.3 is 6.18 Å². The molecule has 0 amide bonds. The Bertz CT molecular complexity index is 469. The van der Waals surface area contributed by atoms with Gasteiger partial charge < -0.3 is 10.1 Å². The van der Waals surface area contributed by atoms with Crippen LogP contribution in [0.3, 0.4) is 0 Å². The van der Waals surface area contributed by atoms with Crippen LogP contribution in [-0.2, 0) is 11.3 Å². The molecule has 1 rings (SSSR count). The fraction of sp³-hybridized carbons (Fsp3) is 0.455. The molecule has 0 unspecified atom stereocenters. The van der Waals surface area contributed by atoms with Crippen LogP contribution in [0.1, 0.15) is 5.56 Å². The summed E-state index contributed by atoms with van der Waals surface area (Å²) in [6.45, 7) is -1.16. The van der Waals surface area contributed by atoms with Gasteiger partial charge in [0.25, 0.3) is 5.69 Å². The molecule has 0 heterocycles. The fourth-order valence-corrected chi connectivity index (χ4v) is 1.58. The zero-order chi connectivity index (χ0) is 15.2. The van der Waals surface area contributed by atoms with E-state index in [4.69, 9.17) is 11.6 Å². The van der Waals surface area contributed by atoms with E-state index in [-0.39, 0.29) is 30.4 Å². The molecular formula is C11H12ClF3N2O3. The molecule has 0 saturated heterocycles. The van der Waals surface area contributed by atoms with Gasteiger partial charge in [-0.3, -0.25) is 10.1 Å². The van der Waals surface area contributed by atoms with E-state index >= 15 is 0 Å². The summed E-state index contributed by atoms with van der Waals surface area (Å²) in [4.78, 5) is 10.2. The van der Waals surface area contributed by atoms with Crippen LogP contribution >= 0.6 is 11.6 Å². The van der Waals surface area contributed by atoms with Crippen LogP contribution in [0, 0.1) is 10.1 Å². The third-order valence-electron chi connectivity index (χ3n) is 2.25. The lowest BCUT2D eigenvalue weighted by Crippen LogP contribution is -2.23. The summed E-state index contributed by atoms with van der Waals surface area (Å²) in [5.74, 6) is 0. The van der Waals surface area contributed by atoms with Crippen molar-refractivity contribution < 1.29 is 22.8 Å². The highest BCUT2D eigenvalue weighted by Gasteiger charge is 2.27. The maximum Gasteiger partial charge on any atom is 0.411 e. The first-order valence-electron chi connectivity index (χ1n) is 5.57. The molecule has 9 heteroatoms. The van der Waals surface area contributed by atoms with Crippen molar-refractivity contribution in [3.05, 3.63) is 38.9 Å². The monoisotopic (exact) mass is 312 g/mol. The summed E-state index contributed by atoms with van der Waals surface area (Å²) in [7, 11) is 0. The molecule has 0 atom stereocenters. The van der Waals surface area contributed by atoms with Crippen LogP contribution in [0.5, 0.6) is 0 Å². The van der Waals surface area contributed by atoms with Crippen molar-refractivity contribution in [2.75, 3.05) is 19.8 Å². The lowest BCUT2D eigenvalue weighted by Gasteiger charge is -2.08. The molecule has 20 heavy (non-hydrogen) atoms. The van der Waals surface area contributed by atoms with E-state index in [9.17, 15) is 23.3 Å². The van der Waals surface area contributed by atoms with E-state index in [0.29, 0.717) is 5.56 Å². The van der Waals surface area contributed by atoms with Gasteiger partial charge in [-0.25, -0.2) is 0 Å². The van der Waals surface area contributed by atoms with Crippen LogP contribution in [0.4, 0.5) is 18.9 Å². The highest BCUT2D eigenvalue weighted by molar-refractivity contribution is 6.30. The standard InChI is InChI=1S/C11H12ClF3N2O3/c12-9-2-1-8(10(5-9)17(18)19)6-16-3-4-20-7-11(13,14)15/h1-2,5,16H,3-4,6-7H2. The third kappa shape index (κ3) is 6.18. The summed E-state index contributed by atoms with van der Waals surface area (Å²) in [6, 6.07) is 4.22. The van der Waals surface area contributed by atoms with Gasteiger partial charge in [-0.2, -0.15) is 13.2 Å². The van der Waals surface area contributed by atoms with Crippen molar-refractivity contribution in [1.29, 1.82) is 0 Å². The van der Waals surface area contributed by atoms with E-state index in [1.165, 1.54) is 18.2 Å². The molecular weight excluding hydrogens is 301 g/mol. The van der Waals surface area contributed by atoms with Crippen molar-refractivity contribution in [2.24, 2.45) is 0 Å². The van der Waals surface area contributed by atoms with Gasteiger partial charge in [-0.05, 0) is 12.1 Å². The van der Waals surface area contributed by atoms with Crippen molar-refractivity contribution in [3.63, 3.8) is 0 Å². The van der Waals surface area contributed by atoms with Crippen molar-refractivity contribution in [3.8, 4) is 0 Å². The van der Waals surface area contributed by atoms with E-state index < -0.39 is 17.7 Å². The molecule has 0 saturated carbocycles. The Balaban J connectivity index is 2.37. The number of halogens is 4. The van der Waals surface area contributed by atoms with Crippen LogP contribution in [-0.4, -0.2) is 30.9 Å². The first-order valence-corrected chi connectivity index (χ1v) is 5.95. The van der Waals surface area contributed by atoms with E-state index in [1.54, 1.807) is 0 Å². The summed E-state index contributed by atoms with van der Waals surface area (Å²) in [5.41, 5.74) is 0.261. The lowest BCUT2D eigenvalue weighted by molar-refractivity contribution is -0.385. The predicted molar refractivity (Wildman–Crippen MR) is 66.7 cm³/mol. The highest BCUT2D eigenvalue weighted by atomic mass is 35.5. The lowest BCUT2D eigenvalue weighted by atomic mass is 10.2. The predicted octanol–water partition coefficient (Wildman–Crippen LogP) is 2.92.